The van der Waals surface area contributed by atoms with Crippen LogP contribution in [-0.2, 0) is 7.05 Å². The first-order valence-electron chi connectivity index (χ1n) is 14.6. The Morgan fingerprint density at radius 3 is 2.52 bits per heavy atom. The van der Waals surface area contributed by atoms with Crippen molar-refractivity contribution in [2.75, 3.05) is 37.4 Å². The molecule has 5 rings (SSSR count). The van der Waals surface area contributed by atoms with Crippen LogP contribution in [0, 0.1) is 12.8 Å². The van der Waals surface area contributed by atoms with Gasteiger partial charge in [-0.05, 0) is 43.5 Å². The number of hydrogen-bond acceptors (Lipinski definition) is 6. The van der Waals surface area contributed by atoms with E-state index in [2.05, 4.69) is 15.7 Å². The van der Waals surface area contributed by atoms with E-state index in [4.69, 9.17) is 4.74 Å². The number of urea groups is 1. The molecule has 11 nitrogen and oxygen atoms in total. The summed E-state index contributed by atoms with van der Waals surface area (Å²) in [5, 5.41) is 22.1. The number of carbonyl (C=O) groups excluding carboxylic acids is 3. The Hall–Kier alpha value is -4.90. The predicted molar refractivity (Wildman–Crippen MR) is 169 cm³/mol. The number of aliphatic hydroxyl groups is 1. The Kier molecular flexibility index (Phi) is 8.86. The number of hydrogen-bond donors (Lipinski definition) is 3. The highest BCUT2D eigenvalue weighted by molar-refractivity contribution is 6.06. The number of aromatic nitrogens is 2. The first-order valence-corrected chi connectivity index (χ1v) is 14.6. The monoisotopic (exact) mass is 598 g/mol. The van der Waals surface area contributed by atoms with E-state index in [1.54, 1.807) is 62.0 Å². The fourth-order valence-corrected chi connectivity index (χ4v) is 5.47. The number of aliphatic hydroxyl groups excluding tert-OH is 1. The smallest absolute Gasteiger partial charge is 0.321 e. The molecule has 3 aromatic carbocycles. The van der Waals surface area contributed by atoms with Crippen LogP contribution in [0.1, 0.15) is 40.4 Å². The Bertz CT molecular complexity index is 1700. The predicted octanol–water partition coefficient (Wildman–Crippen LogP) is 4.52. The lowest BCUT2D eigenvalue weighted by Gasteiger charge is -2.38. The van der Waals surface area contributed by atoms with Crippen LogP contribution in [0.3, 0.4) is 0 Å². The van der Waals surface area contributed by atoms with Crippen LogP contribution in [0.5, 0.6) is 5.75 Å². The second kappa shape index (κ2) is 12.8. The normalized spacial score (nSPS) is 17.2. The molecular weight excluding hydrogens is 560 g/mol. The summed E-state index contributed by atoms with van der Waals surface area (Å²) in [6.45, 7) is 5.79. The molecule has 0 radical (unpaired) electrons. The Morgan fingerprint density at radius 1 is 1.09 bits per heavy atom. The largest absolute Gasteiger partial charge is 0.485 e. The van der Waals surface area contributed by atoms with Gasteiger partial charge in [-0.1, -0.05) is 49.4 Å². The lowest BCUT2D eigenvalue weighted by Crippen LogP contribution is -2.50. The summed E-state index contributed by atoms with van der Waals surface area (Å²) in [5.41, 5.74) is 2.31. The Labute approximate surface area is 256 Å². The van der Waals surface area contributed by atoms with Gasteiger partial charge in [-0.2, -0.15) is 5.10 Å². The van der Waals surface area contributed by atoms with Gasteiger partial charge < -0.3 is 30.3 Å². The molecule has 0 fully saturated rings. The summed E-state index contributed by atoms with van der Waals surface area (Å²) in [5.74, 6) is -0.755. The number of fused-ring (bicyclic) bond motifs is 2. The first kappa shape index (κ1) is 30.6. The molecule has 230 valence electrons. The van der Waals surface area contributed by atoms with Crippen molar-refractivity contribution in [3.63, 3.8) is 0 Å². The summed E-state index contributed by atoms with van der Waals surface area (Å²) in [4.78, 5) is 43.6. The van der Waals surface area contributed by atoms with Crippen molar-refractivity contribution in [2.24, 2.45) is 13.0 Å². The van der Waals surface area contributed by atoms with Crippen molar-refractivity contribution >= 4 is 40.0 Å². The molecule has 2 heterocycles. The van der Waals surface area contributed by atoms with Crippen LogP contribution in [-0.4, -0.2) is 81.4 Å². The molecule has 0 bridgehead atoms. The number of ether oxygens (including phenoxy) is 1. The molecule has 44 heavy (non-hydrogen) atoms. The van der Waals surface area contributed by atoms with Crippen LogP contribution >= 0.6 is 0 Å². The molecule has 0 spiro atoms. The molecular formula is C33H38N6O5. The molecule has 0 aliphatic carbocycles. The maximum absolute atomic E-state index is 13.8. The lowest BCUT2D eigenvalue weighted by atomic mass is 9.99. The number of para-hydroxylation sites is 1. The number of amides is 4. The zero-order valence-corrected chi connectivity index (χ0v) is 25.6. The highest BCUT2D eigenvalue weighted by Gasteiger charge is 2.35. The van der Waals surface area contributed by atoms with Gasteiger partial charge in [0.05, 0.1) is 41.8 Å². The maximum Gasteiger partial charge on any atom is 0.321 e. The number of aryl methyl sites for hydroxylation is 2. The molecule has 11 heteroatoms. The molecule has 0 saturated carbocycles. The minimum absolute atomic E-state index is 0.190. The van der Waals surface area contributed by atoms with Crippen molar-refractivity contribution in [3.8, 4) is 5.75 Å². The van der Waals surface area contributed by atoms with Gasteiger partial charge in [-0.25, -0.2) is 4.79 Å². The van der Waals surface area contributed by atoms with Crippen LogP contribution < -0.4 is 15.4 Å². The number of nitrogens with one attached hydrogen (secondary N) is 2. The van der Waals surface area contributed by atoms with E-state index in [9.17, 15) is 19.5 Å². The van der Waals surface area contributed by atoms with Gasteiger partial charge in [0.25, 0.3) is 11.8 Å². The quantitative estimate of drug-likeness (QED) is 0.287. The standard InChI is InChI=1S/C33H38N6O5/c1-20-17-39(22(3)19-40)32(42)25-13-9-15-27(34-31(41)28-16-21(2)36-38(28)5)30(25)44-29(20)18-37(4)33(43)35-26-14-8-11-23-10-6-7-12-24(23)26/h6-16,20,22,29,40H,17-19H2,1-5H3,(H,34,41)(H,35,43)/t20-,22+,29+/m1/s1. The SMILES string of the molecule is Cc1cc(C(=O)Nc2cccc3c2O[C@@H](CN(C)C(=O)Nc2cccc4ccccc24)[C@H](C)CN([C@@H](C)CO)C3=O)n(C)n1. The van der Waals surface area contributed by atoms with Gasteiger partial charge in [0.1, 0.15) is 11.8 Å². The third kappa shape index (κ3) is 6.23. The van der Waals surface area contributed by atoms with Crippen LogP contribution in [0.25, 0.3) is 10.8 Å². The van der Waals surface area contributed by atoms with E-state index in [1.807, 2.05) is 49.4 Å². The highest BCUT2D eigenvalue weighted by Crippen LogP contribution is 2.35. The first-order chi connectivity index (χ1) is 21.1. The van der Waals surface area contributed by atoms with Gasteiger partial charge in [0.15, 0.2) is 5.75 Å². The van der Waals surface area contributed by atoms with Crippen LogP contribution in [0.4, 0.5) is 16.2 Å². The Morgan fingerprint density at radius 2 is 1.80 bits per heavy atom. The van der Waals surface area contributed by atoms with Gasteiger partial charge in [-0.15, -0.1) is 0 Å². The molecule has 1 aromatic heterocycles. The number of benzene rings is 3. The number of likely N-dealkylation sites (N-methyl/N-ethyl adjacent to an activating group) is 1. The summed E-state index contributed by atoms with van der Waals surface area (Å²) >= 11 is 0. The molecule has 0 saturated heterocycles. The zero-order valence-electron chi connectivity index (χ0n) is 25.6. The van der Waals surface area contributed by atoms with Crippen molar-refractivity contribution in [3.05, 3.63) is 83.7 Å². The van der Waals surface area contributed by atoms with Gasteiger partial charge in [0, 0.05) is 31.9 Å². The highest BCUT2D eigenvalue weighted by atomic mass is 16.5. The Balaban J connectivity index is 1.45. The number of carbonyl (C=O) groups is 3. The van der Waals surface area contributed by atoms with Gasteiger partial charge in [-0.3, -0.25) is 14.3 Å². The minimum atomic E-state index is -0.560. The number of rotatable bonds is 7. The molecule has 4 amide bonds. The average molecular weight is 599 g/mol. The average Bonchev–Trinajstić information content (AvgIpc) is 3.36. The summed E-state index contributed by atoms with van der Waals surface area (Å²) in [7, 11) is 3.37. The van der Waals surface area contributed by atoms with Crippen molar-refractivity contribution in [2.45, 2.75) is 32.9 Å². The van der Waals surface area contributed by atoms with E-state index < -0.39 is 18.1 Å². The summed E-state index contributed by atoms with van der Waals surface area (Å²) in [6.07, 6.45) is -0.560. The molecule has 4 aromatic rings. The summed E-state index contributed by atoms with van der Waals surface area (Å²) < 4.78 is 8.05. The minimum Gasteiger partial charge on any atom is -0.485 e. The van der Waals surface area contributed by atoms with E-state index in [0.29, 0.717) is 29.3 Å². The van der Waals surface area contributed by atoms with Crippen LogP contribution in [0.15, 0.2) is 66.7 Å². The molecule has 1 aliphatic rings. The zero-order chi connectivity index (χ0) is 31.5. The molecule has 0 unspecified atom stereocenters. The van der Waals surface area contributed by atoms with E-state index in [1.165, 1.54) is 4.68 Å². The second-order valence-corrected chi connectivity index (χ2v) is 11.4. The lowest BCUT2D eigenvalue weighted by molar-refractivity contribution is 0.0372. The topological polar surface area (TPSA) is 129 Å². The molecule has 1 aliphatic heterocycles. The third-order valence-electron chi connectivity index (χ3n) is 8.01. The molecule has 3 atom stereocenters. The van der Waals surface area contributed by atoms with Gasteiger partial charge >= 0.3 is 6.03 Å². The fourth-order valence-electron chi connectivity index (χ4n) is 5.47. The fraction of sp³-hybridized carbons (Fsp3) is 0.333. The van der Waals surface area contributed by atoms with Crippen molar-refractivity contribution < 1.29 is 24.2 Å². The van der Waals surface area contributed by atoms with E-state index in [0.717, 1.165) is 10.8 Å². The molecule has 3 N–H and O–H groups in total. The number of nitrogens with zero attached hydrogens (tertiary/aromatic N) is 4. The van der Waals surface area contributed by atoms with Crippen molar-refractivity contribution in [1.82, 2.24) is 19.6 Å². The van der Waals surface area contributed by atoms with Crippen LogP contribution in [0.2, 0.25) is 0 Å². The number of anilines is 2. The van der Waals surface area contributed by atoms with E-state index in [-0.39, 0.29) is 42.3 Å². The summed E-state index contributed by atoms with van der Waals surface area (Å²) in [6, 6.07) is 19.5. The van der Waals surface area contributed by atoms with Crippen molar-refractivity contribution in [1.29, 1.82) is 0 Å². The van der Waals surface area contributed by atoms with E-state index >= 15 is 0 Å². The second-order valence-electron chi connectivity index (χ2n) is 11.4. The maximum atomic E-state index is 13.8. The third-order valence-corrected chi connectivity index (χ3v) is 8.01. The van der Waals surface area contributed by atoms with Gasteiger partial charge in [0.2, 0.25) is 0 Å².